The third-order valence-corrected chi connectivity index (χ3v) is 1.34. The topological polar surface area (TPSA) is 54.4 Å². The number of hydrogen-bond donors (Lipinski definition) is 1. The van der Waals surface area contributed by atoms with Crippen LogP contribution in [0.3, 0.4) is 0 Å². The van der Waals surface area contributed by atoms with Gasteiger partial charge in [-0.1, -0.05) is 35.9 Å². The summed E-state index contributed by atoms with van der Waals surface area (Å²) >= 11 is 0. The lowest BCUT2D eigenvalue weighted by atomic mass is 10.2. The lowest BCUT2D eigenvalue weighted by molar-refractivity contribution is -0.139. The first-order valence-electron chi connectivity index (χ1n) is 4.25. The van der Waals surface area contributed by atoms with Crippen molar-refractivity contribution in [3.8, 4) is 0 Å². The molecule has 0 heterocycles. The second kappa shape index (κ2) is 6.83. The molecular weight excluding hydrogens is 180 g/mol. The molecule has 0 unspecified atom stereocenters. The number of hydrogen-bond acceptors (Lipinski definition) is 2. The molecule has 0 aromatic heterocycles. The van der Waals surface area contributed by atoms with Gasteiger partial charge in [-0.25, -0.2) is 0 Å². The van der Waals surface area contributed by atoms with Crippen LogP contribution >= 0.6 is 0 Å². The van der Waals surface area contributed by atoms with E-state index in [1.54, 1.807) is 0 Å². The van der Waals surface area contributed by atoms with Crippen LogP contribution in [-0.4, -0.2) is 16.9 Å². The van der Waals surface area contributed by atoms with Gasteiger partial charge in [0.05, 0.1) is 0 Å². The van der Waals surface area contributed by atoms with Crippen molar-refractivity contribution in [1.29, 1.82) is 0 Å². The van der Waals surface area contributed by atoms with Crippen molar-refractivity contribution in [2.45, 2.75) is 20.3 Å². The molecule has 0 aliphatic carbocycles. The van der Waals surface area contributed by atoms with E-state index in [0.717, 1.165) is 0 Å². The van der Waals surface area contributed by atoms with Crippen molar-refractivity contribution in [2.24, 2.45) is 0 Å². The highest BCUT2D eigenvalue weighted by molar-refractivity contribution is 5.93. The second-order valence-electron chi connectivity index (χ2n) is 2.93. The monoisotopic (exact) mass is 194 g/mol. The van der Waals surface area contributed by atoms with E-state index in [-0.39, 0.29) is 12.2 Å². The molecule has 0 amide bonds. The molecular formula is C11H14O3. The van der Waals surface area contributed by atoms with Gasteiger partial charge in [-0.3, -0.25) is 9.59 Å². The van der Waals surface area contributed by atoms with Crippen LogP contribution in [0.4, 0.5) is 0 Å². The van der Waals surface area contributed by atoms with Crippen molar-refractivity contribution in [3.05, 3.63) is 35.9 Å². The van der Waals surface area contributed by atoms with Gasteiger partial charge in [0.25, 0.3) is 0 Å². The van der Waals surface area contributed by atoms with Crippen LogP contribution in [0, 0.1) is 6.92 Å². The average molecular weight is 194 g/mol. The number of carboxylic acids is 1. The molecule has 3 nitrogen and oxygen atoms in total. The van der Waals surface area contributed by atoms with E-state index in [1.165, 1.54) is 12.5 Å². The molecule has 0 aliphatic rings. The Morgan fingerprint density at radius 2 is 1.71 bits per heavy atom. The summed E-state index contributed by atoms with van der Waals surface area (Å²) in [6.07, 6.45) is -0.361. The normalized spacial score (nSPS) is 8.43. The molecule has 0 bridgehead atoms. The lowest BCUT2D eigenvalue weighted by Gasteiger charge is -1.82. The van der Waals surface area contributed by atoms with Crippen LogP contribution in [0.1, 0.15) is 18.9 Å². The Morgan fingerprint density at radius 1 is 1.21 bits per heavy atom. The van der Waals surface area contributed by atoms with Gasteiger partial charge in [0, 0.05) is 0 Å². The smallest absolute Gasteiger partial charge is 0.310 e. The molecule has 3 heteroatoms. The van der Waals surface area contributed by atoms with Gasteiger partial charge in [-0.15, -0.1) is 0 Å². The highest BCUT2D eigenvalue weighted by atomic mass is 16.4. The number of carbonyl (C=O) groups is 2. The first kappa shape index (κ1) is 12.4. The van der Waals surface area contributed by atoms with Crippen LogP contribution in [0.25, 0.3) is 0 Å². The fraction of sp³-hybridized carbons (Fsp3) is 0.273. The number of benzene rings is 1. The Morgan fingerprint density at radius 3 is 1.86 bits per heavy atom. The molecule has 0 atom stereocenters. The van der Waals surface area contributed by atoms with Crippen LogP contribution in [0.2, 0.25) is 0 Å². The zero-order chi connectivity index (χ0) is 11.0. The summed E-state index contributed by atoms with van der Waals surface area (Å²) in [6.45, 7) is 3.33. The maximum absolute atomic E-state index is 9.87. The van der Waals surface area contributed by atoms with Crippen LogP contribution in [-0.2, 0) is 9.59 Å². The molecule has 0 saturated carbocycles. The highest BCUT2D eigenvalue weighted by Gasteiger charge is 1.98. The van der Waals surface area contributed by atoms with E-state index >= 15 is 0 Å². The van der Waals surface area contributed by atoms with Gasteiger partial charge in [0.15, 0.2) is 0 Å². The maximum atomic E-state index is 9.87. The van der Waals surface area contributed by atoms with Gasteiger partial charge < -0.3 is 5.11 Å². The molecule has 1 aromatic rings. The number of carboxylic acid groups (broad SMARTS) is 1. The van der Waals surface area contributed by atoms with Crippen LogP contribution < -0.4 is 0 Å². The maximum Gasteiger partial charge on any atom is 0.310 e. The molecule has 1 rings (SSSR count). The van der Waals surface area contributed by atoms with Gasteiger partial charge >= 0.3 is 5.97 Å². The fourth-order valence-corrected chi connectivity index (χ4v) is 0.747. The Kier molecular flexibility index (Phi) is 6.03. The minimum atomic E-state index is -1.06. The van der Waals surface area contributed by atoms with Crippen LogP contribution in [0.5, 0.6) is 0 Å². The first-order valence-corrected chi connectivity index (χ1v) is 4.25. The van der Waals surface area contributed by atoms with Crippen molar-refractivity contribution in [2.75, 3.05) is 0 Å². The summed E-state index contributed by atoms with van der Waals surface area (Å²) in [5.41, 5.74) is 1.32. The molecule has 0 spiro atoms. The van der Waals surface area contributed by atoms with Gasteiger partial charge in [0.1, 0.15) is 12.2 Å². The number of ketones is 1. The molecule has 1 N–H and O–H groups in total. The molecule has 0 saturated heterocycles. The average Bonchev–Trinajstić information content (AvgIpc) is 2.03. The molecule has 0 fully saturated rings. The number of aliphatic carboxylic acids is 1. The summed E-state index contributed by atoms with van der Waals surface area (Å²) in [7, 11) is 0. The van der Waals surface area contributed by atoms with E-state index in [1.807, 2.05) is 18.2 Å². The number of Topliss-reactive ketones (excluding diaryl/α,β-unsaturated/α-hetero) is 1. The molecule has 0 radical (unpaired) electrons. The number of rotatable bonds is 2. The third-order valence-electron chi connectivity index (χ3n) is 1.34. The van der Waals surface area contributed by atoms with Gasteiger partial charge in [0.2, 0.25) is 0 Å². The Hall–Kier alpha value is -1.64. The third kappa shape index (κ3) is 8.46. The summed E-state index contributed by atoms with van der Waals surface area (Å²) in [5, 5.41) is 7.86. The van der Waals surface area contributed by atoms with E-state index in [2.05, 4.69) is 19.1 Å². The van der Waals surface area contributed by atoms with Crippen LogP contribution in [0.15, 0.2) is 30.3 Å². The van der Waals surface area contributed by atoms with Gasteiger partial charge in [-0.2, -0.15) is 0 Å². The van der Waals surface area contributed by atoms with Crippen molar-refractivity contribution >= 4 is 11.8 Å². The number of carbonyl (C=O) groups excluding carboxylic acids is 1. The molecule has 76 valence electrons. The highest BCUT2D eigenvalue weighted by Crippen LogP contribution is 1.92. The zero-order valence-electron chi connectivity index (χ0n) is 8.36. The summed E-state index contributed by atoms with van der Waals surface area (Å²) < 4.78 is 0. The first-order chi connectivity index (χ1) is 6.52. The van der Waals surface area contributed by atoms with E-state index < -0.39 is 5.97 Å². The lowest BCUT2D eigenvalue weighted by Crippen LogP contribution is -2.00. The van der Waals surface area contributed by atoms with E-state index in [0.29, 0.717) is 0 Å². The van der Waals surface area contributed by atoms with Crippen molar-refractivity contribution in [3.63, 3.8) is 0 Å². The quantitative estimate of drug-likeness (QED) is 0.733. The Bertz CT molecular complexity index is 279. The summed E-state index contributed by atoms with van der Waals surface area (Å²) in [4.78, 5) is 19.5. The van der Waals surface area contributed by atoms with E-state index in [4.69, 9.17) is 5.11 Å². The van der Waals surface area contributed by atoms with Crippen molar-refractivity contribution < 1.29 is 14.7 Å². The minimum Gasteiger partial charge on any atom is -0.481 e. The second-order valence-corrected chi connectivity index (χ2v) is 2.93. The Balaban J connectivity index is 0.000000241. The summed E-state index contributed by atoms with van der Waals surface area (Å²) in [5.74, 6) is -1.37. The fourth-order valence-electron chi connectivity index (χ4n) is 0.747. The molecule has 14 heavy (non-hydrogen) atoms. The summed E-state index contributed by atoms with van der Waals surface area (Å²) in [6, 6.07) is 10.3. The predicted molar refractivity (Wildman–Crippen MR) is 54.1 cm³/mol. The largest absolute Gasteiger partial charge is 0.481 e. The van der Waals surface area contributed by atoms with Crippen molar-refractivity contribution in [1.82, 2.24) is 0 Å². The standard InChI is InChI=1S/C7H8.C4H6O3/c1-7-5-3-2-4-6-7;1-3(5)2-4(6)7/h2-6H,1H3;2H2,1H3,(H,6,7). The van der Waals surface area contributed by atoms with E-state index in [9.17, 15) is 9.59 Å². The predicted octanol–water partition coefficient (Wildman–Crippen LogP) is 2.05. The minimum absolute atomic E-state index is 0.312. The number of aryl methyl sites for hydroxylation is 1. The molecule has 1 aromatic carbocycles. The Labute approximate surface area is 83.4 Å². The molecule has 0 aliphatic heterocycles. The SMILES string of the molecule is CC(=O)CC(=O)O.Cc1ccccc1. The van der Waals surface area contributed by atoms with Gasteiger partial charge in [-0.05, 0) is 13.8 Å². The zero-order valence-corrected chi connectivity index (χ0v) is 8.36.